The molecule has 1 aliphatic carbocycles. The summed E-state index contributed by atoms with van der Waals surface area (Å²) in [5.41, 5.74) is 3.86. The number of fused-ring (bicyclic) bond motifs is 1. The van der Waals surface area contributed by atoms with E-state index in [2.05, 4.69) is 34.1 Å². The van der Waals surface area contributed by atoms with Crippen molar-refractivity contribution in [2.75, 3.05) is 38.6 Å². The first-order valence-corrected chi connectivity index (χ1v) is 15.2. The minimum atomic E-state index is -2.92. The largest absolute Gasteiger partial charge is 0.434 e. The van der Waals surface area contributed by atoms with Gasteiger partial charge in [0.05, 0.1) is 29.3 Å². The molecule has 1 atom stereocenters. The van der Waals surface area contributed by atoms with Crippen LogP contribution in [0, 0.1) is 5.92 Å². The Kier molecular flexibility index (Phi) is 8.58. The Morgan fingerprint density at radius 2 is 1.82 bits per heavy atom. The SMILES string of the molecule is FC(F)Oc1ccccc1-c1cc2nc(C(CCN3CCOCC3)c3ccc(SCC4CC4)cc3)[nH]c2cc1Cl. The number of morpholine rings is 1. The summed E-state index contributed by atoms with van der Waals surface area (Å²) in [6, 6.07) is 19.3. The topological polar surface area (TPSA) is 50.4 Å². The van der Waals surface area contributed by atoms with Gasteiger partial charge < -0.3 is 14.5 Å². The highest BCUT2D eigenvalue weighted by Gasteiger charge is 2.23. The molecule has 0 amide bonds. The average Bonchev–Trinajstić information content (AvgIpc) is 3.71. The fourth-order valence-corrected chi connectivity index (χ4v) is 6.56. The molecule has 9 heteroatoms. The lowest BCUT2D eigenvalue weighted by atomic mass is 9.94. The predicted molar refractivity (Wildman–Crippen MR) is 157 cm³/mol. The maximum Gasteiger partial charge on any atom is 0.387 e. The summed E-state index contributed by atoms with van der Waals surface area (Å²) in [4.78, 5) is 12.3. The number of nitrogens with one attached hydrogen (secondary N) is 1. The van der Waals surface area contributed by atoms with Crippen molar-refractivity contribution in [2.24, 2.45) is 5.92 Å². The maximum absolute atomic E-state index is 13.1. The lowest BCUT2D eigenvalue weighted by Crippen LogP contribution is -2.37. The van der Waals surface area contributed by atoms with Crippen molar-refractivity contribution in [1.29, 1.82) is 0 Å². The van der Waals surface area contributed by atoms with Crippen molar-refractivity contribution in [2.45, 2.75) is 36.7 Å². The van der Waals surface area contributed by atoms with Gasteiger partial charge in [-0.3, -0.25) is 4.90 Å². The predicted octanol–water partition coefficient (Wildman–Crippen LogP) is 7.84. The van der Waals surface area contributed by atoms with Crippen LogP contribution < -0.4 is 4.74 Å². The molecule has 6 rings (SSSR count). The van der Waals surface area contributed by atoms with Crippen molar-refractivity contribution in [3.63, 3.8) is 0 Å². The van der Waals surface area contributed by atoms with Crippen LogP contribution in [0.4, 0.5) is 8.78 Å². The van der Waals surface area contributed by atoms with E-state index in [1.807, 2.05) is 23.9 Å². The molecule has 1 aromatic heterocycles. The summed E-state index contributed by atoms with van der Waals surface area (Å²) in [5, 5.41) is 0.440. The molecule has 2 heterocycles. The van der Waals surface area contributed by atoms with Crippen LogP contribution in [-0.4, -0.2) is 60.1 Å². The minimum absolute atomic E-state index is 0.0643. The molecular weight excluding hydrogens is 552 g/mol. The number of rotatable bonds is 11. The number of aromatic nitrogens is 2. The van der Waals surface area contributed by atoms with Gasteiger partial charge in [-0.15, -0.1) is 11.8 Å². The van der Waals surface area contributed by atoms with Crippen molar-refractivity contribution in [3.05, 3.63) is 77.1 Å². The van der Waals surface area contributed by atoms with E-state index in [-0.39, 0.29) is 11.7 Å². The van der Waals surface area contributed by atoms with Gasteiger partial charge in [-0.25, -0.2) is 4.98 Å². The van der Waals surface area contributed by atoms with Crippen LogP contribution in [0.2, 0.25) is 5.02 Å². The molecule has 1 unspecified atom stereocenters. The molecule has 4 aromatic rings. The normalized spacial score (nSPS) is 17.0. The molecule has 1 aliphatic heterocycles. The third-order valence-electron chi connectivity index (χ3n) is 7.62. The summed E-state index contributed by atoms with van der Waals surface area (Å²) in [6.07, 6.45) is 3.62. The summed E-state index contributed by atoms with van der Waals surface area (Å²) in [7, 11) is 0. The van der Waals surface area contributed by atoms with E-state index in [1.54, 1.807) is 18.2 Å². The van der Waals surface area contributed by atoms with E-state index in [0.717, 1.165) is 62.0 Å². The average molecular weight is 584 g/mol. The van der Waals surface area contributed by atoms with Gasteiger partial charge in [0.15, 0.2) is 0 Å². The number of nitrogens with zero attached hydrogens (tertiary/aromatic N) is 2. The van der Waals surface area contributed by atoms with E-state index < -0.39 is 6.61 Å². The molecule has 1 saturated heterocycles. The number of hydrogen-bond donors (Lipinski definition) is 1. The second-order valence-electron chi connectivity index (χ2n) is 10.5. The van der Waals surface area contributed by atoms with Crippen LogP contribution in [0.1, 0.15) is 36.6 Å². The van der Waals surface area contributed by atoms with Gasteiger partial charge in [0.25, 0.3) is 0 Å². The van der Waals surface area contributed by atoms with Crippen molar-refractivity contribution < 1.29 is 18.3 Å². The molecule has 210 valence electrons. The van der Waals surface area contributed by atoms with Gasteiger partial charge in [0.2, 0.25) is 0 Å². The third-order valence-corrected chi connectivity index (χ3v) is 9.17. The number of halogens is 3. The summed E-state index contributed by atoms with van der Waals surface area (Å²) in [6.45, 7) is 1.41. The molecule has 0 spiro atoms. The van der Waals surface area contributed by atoms with Crippen LogP contribution in [0.15, 0.2) is 65.6 Å². The third kappa shape index (κ3) is 6.62. The molecule has 5 nitrogen and oxygen atoms in total. The molecule has 0 radical (unpaired) electrons. The Labute approximate surface area is 242 Å². The number of aromatic amines is 1. The Bertz CT molecular complexity index is 1440. The molecule has 1 N–H and O–H groups in total. The first-order chi connectivity index (χ1) is 19.5. The lowest BCUT2D eigenvalue weighted by molar-refractivity contribution is -0.0494. The summed E-state index contributed by atoms with van der Waals surface area (Å²) >= 11 is 8.61. The minimum Gasteiger partial charge on any atom is -0.434 e. The van der Waals surface area contributed by atoms with Crippen LogP contribution in [0.3, 0.4) is 0 Å². The zero-order valence-corrected chi connectivity index (χ0v) is 23.7. The number of benzene rings is 3. The number of alkyl halides is 2. The molecule has 2 aliphatic rings. The highest BCUT2D eigenvalue weighted by atomic mass is 35.5. The van der Waals surface area contributed by atoms with E-state index >= 15 is 0 Å². The Hall–Kier alpha value is -2.65. The standard InChI is InChI=1S/C31H32ClF2N3O2S/c32-26-18-28-27(17-25(26)24-3-1-2-4-29(24)39-31(33)34)35-30(36-28)23(11-12-37-13-15-38-16-14-37)21-7-9-22(10-8-21)40-19-20-5-6-20/h1-4,7-10,17-18,20,23,31H,5-6,11-16,19H2,(H,35,36). The van der Waals surface area contributed by atoms with Gasteiger partial charge in [-0.05, 0) is 67.6 Å². The fraction of sp³-hybridized carbons (Fsp3) is 0.387. The van der Waals surface area contributed by atoms with Crippen molar-refractivity contribution >= 4 is 34.4 Å². The number of imidazole rings is 1. The van der Waals surface area contributed by atoms with Gasteiger partial charge in [0.1, 0.15) is 11.6 Å². The Morgan fingerprint density at radius 3 is 2.58 bits per heavy atom. The second kappa shape index (κ2) is 12.5. The zero-order chi connectivity index (χ0) is 27.5. The molecule has 0 bridgehead atoms. The zero-order valence-electron chi connectivity index (χ0n) is 22.1. The van der Waals surface area contributed by atoms with Gasteiger partial charge in [-0.1, -0.05) is 41.9 Å². The van der Waals surface area contributed by atoms with Gasteiger partial charge >= 0.3 is 6.61 Å². The van der Waals surface area contributed by atoms with Gasteiger partial charge in [0, 0.05) is 40.8 Å². The van der Waals surface area contributed by atoms with E-state index in [0.29, 0.717) is 16.1 Å². The van der Waals surface area contributed by atoms with Crippen molar-refractivity contribution in [3.8, 4) is 16.9 Å². The molecule has 1 saturated carbocycles. The van der Waals surface area contributed by atoms with Crippen LogP contribution in [0.5, 0.6) is 5.75 Å². The second-order valence-corrected chi connectivity index (χ2v) is 12.0. The van der Waals surface area contributed by atoms with Gasteiger partial charge in [-0.2, -0.15) is 8.78 Å². The number of ether oxygens (including phenoxy) is 2. The number of hydrogen-bond acceptors (Lipinski definition) is 5. The molecular formula is C31H32ClF2N3O2S. The van der Waals surface area contributed by atoms with Crippen molar-refractivity contribution in [1.82, 2.24) is 14.9 Å². The number of thioether (sulfide) groups is 1. The first-order valence-electron chi connectivity index (χ1n) is 13.8. The highest BCUT2D eigenvalue weighted by molar-refractivity contribution is 7.99. The van der Waals surface area contributed by atoms with Crippen LogP contribution >= 0.6 is 23.4 Å². The summed E-state index contributed by atoms with van der Waals surface area (Å²) in [5.74, 6) is 3.09. The first kappa shape index (κ1) is 27.5. The van der Waals surface area contributed by atoms with Crippen LogP contribution in [0.25, 0.3) is 22.2 Å². The van der Waals surface area contributed by atoms with E-state index in [4.69, 9.17) is 26.1 Å². The molecule has 3 aromatic carbocycles. The number of para-hydroxylation sites is 1. The smallest absolute Gasteiger partial charge is 0.387 e. The maximum atomic E-state index is 13.1. The Balaban J connectivity index is 1.31. The number of H-pyrrole nitrogens is 1. The quantitative estimate of drug-likeness (QED) is 0.182. The highest BCUT2D eigenvalue weighted by Crippen LogP contribution is 2.39. The molecule has 2 fully saturated rings. The Morgan fingerprint density at radius 1 is 1.05 bits per heavy atom. The fourth-order valence-electron chi connectivity index (χ4n) is 5.20. The monoisotopic (exact) mass is 583 g/mol. The van der Waals surface area contributed by atoms with E-state index in [1.165, 1.54) is 35.1 Å². The van der Waals surface area contributed by atoms with E-state index in [9.17, 15) is 8.78 Å². The van der Waals surface area contributed by atoms with Crippen LogP contribution in [-0.2, 0) is 4.74 Å². The summed E-state index contributed by atoms with van der Waals surface area (Å²) < 4.78 is 36.4. The lowest BCUT2D eigenvalue weighted by Gasteiger charge is -2.28. The molecule has 40 heavy (non-hydrogen) atoms.